The van der Waals surface area contributed by atoms with E-state index >= 15 is 0 Å². The minimum Gasteiger partial charge on any atom is -0.480 e. The van der Waals surface area contributed by atoms with Crippen molar-refractivity contribution in [1.82, 2.24) is 14.5 Å². The first-order valence-electron chi connectivity index (χ1n) is 9.75. The molecule has 0 amide bonds. The Balaban J connectivity index is 2.06. The van der Waals surface area contributed by atoms with Crippen LogP contribution in [0.3, 0.4) is 0 Å². The van der Waals surface area contributed by atoms with Crippen LogP contribution < -0.4 is 11.0 Å². The summed E-state index contributed by atoms with van der Waals surface area (Å²) in [7, 11) is 0. The molecule has 2 atom stereocenters. The number of nitrogens with one attached hydrogen (secondary N) is 1. The van der Waals surface area contributed by atoms with E-state index in [2.05, 4.69) is 5.32 Å². The van der Waals surface area contributed by atoms with Crippen LogP contribution >= 0.6 is 0 Å². The Morgan fingerprint density at radius 3 is 2.22 bits per heavy atom. The predicted octanol–water partition coefficient (Wildman–Crippen LogP) is 1.77. The number of hydrogen-bond acceptors (Lipinski definition) is 4. The molecule has 152 valence electrons. The fraction of sp³-hybridized carbons (Fsp3) is 0.737. The van der Waals surface area contributed by atoms with Gasteiger partial charge in [-0.3, -0.25) is 24.0 Å². The normalized spacial score (nSPS) is 17.7. The van der Waals surface area contributed by atoms with Crippen molar-refractivity contribution < 1.29 is 19.8 Å². The molecule has 27 heavy (non-hydrogen) atoms. The fourth-order valence-electron chi connectivity index (χ4n) is 3.73. The molecule has 8 heteroatoms. The second-order valence-corrected chi connectivity index (χ2v) is 7.97. The molecule has 8 nitrogen and oxygen atoms in total. The Kier molecular flexibility index (Phi) is 7.65. The average Bonchev–Trinajstić information content (AvgIpc) is 2.94. The van der Waals surface area contributed by atoms with Crippen LogP contribution in [-0.4, -0.2) is 43.4 Å². The summed E-state index contributed by atoms with van der Waals surface area (Å²) in [6, 6.07) is -2.11. The van der Waals surface area contributed by atoms with Crippen molar-refractivity contribution in [3.8, 4) is 0 Å². The highest BCUT2D eigenvalue weighted by molar-refractivity contribution is 5.77. The quantitative estimate of drug-likeness (QED) is 0.569. The molecule has 0 spiro atoms. The maximum atomic E-state index is 12.6. The van der Waals surface area contributed by atoms with Gasteiger partial charge in [-0.25, -0.2) is 4.79 Å². The van der Waals surface area contributed by atoms with Crippen LogP contribution in [0.25, 0.3) is 0 Å². The smallest absolute Gasteiger partial charge is 0.328 e. The largest absolute Gasteiger partial charge is 0.480 e. The van der Waals surface area contributed by atoms with E-state index in [1.807, 2.05) is 13.8 Å². The summed E-state index contributed by atoms with van der Waals surface area (Å²) in [6.07, 6.45) is 9.46. The highest BCUT2D eigenvalue weighted by atomic mass is 16.4. The first-order valence-corrected chi connectivity index (χ1v) is 9.75. The zero-order valence-corrected chi connectivity index (χ0v) is 16.1. The molecule has 1 fully saturated rings. The Bertz CT molecular complexity index is 688. The summed E-state index contributed by atoms with van der Waals surface area (Å²) in [5.41, 5.74) is -0.246. The van der Waals surface area contributed by atoms with Crippen LogP contribution in [0.5, 0.6) is 0 Å². The second-order valence-electron chi connectivity index (χ2n) is 7.97. The van der Waals surface area contributed by atoms with Gasteiger partial charge in [-0.15, -0.1) is 0 Å². The van der Waals surface area contributed by atoms with Crippen molar-refractivity contribution >= 4 is 11.9 Å². The number of aromatic nitrogens is 2. The third-order valence-electron chi connectivity index (χ3n) is 5.18. The lowest BCUT2D eigenvalue weighted by atomic mass is 9.89. The van der Waals surface area contributed by atoms with Crippen molar-refractivity contribution in [2.75, 3.05) is 0 Å². The maximum Gasteiger partial charge on any atom is 0.328 e. The number of nitrogens with zero attached hydrogens (tertiary/aromatic N) is 2. The van der Waals surface area contributed by atoms with Crippen molar-refractivity contribution in [3.05, 3.63) is 22.9 Å². The van der Waals surface area contributed by atoms with Gasteiger partial charge < -0.3 is 10.2 Å². The first kappa shape index (κ1) is 21.2. The molecular weight excluding hydrogens is 350 g/mol. The number of imidazole rings is 1. The van der Waals surface area contributed by atoms with Gasteiger partial charge >= 0.3 is 17.6 Å². The van der Waals surface area contributed by atoms with E-state index in [0.717, 1.165) is 12.8 Å². The maximum absolute atomic E-state index is 12.6. The molecule has 3 N–H and O–H groups in total. The number of hydrogen-bond donors (Lipinski definition) is 3. The Morgan fingerprint density at radius 1 is 1.07 bits per heavy atom. The molecule has 1 aliphatic carbocycles. The number of aliphatic carboxylic acids is 2. The molecule has 0 bridgehead atoms. The highest BCUT2D eigenvalue weighted by Gasteiger charge is 2.27. The van der Waals surface area contributed by atoms with Crippen LogP contribution in [0.15, 0.2) is 17.2 Å². The topological polar surface area (TPSA) is 114 Å². The summed E-state index contributed by atoms with van der Waals surface area (Å²) in [5.74, 6) is -1.66. The van der Waals surface area contributed by atoms with Gasteiger partial charge in [-0.05, 0) is 31.1 Å². The zero-order valence-electron chi connectivity index (χ0n) is 16.1. The van der Waals surface area contributed by atoms with Gasteiger partial charge in [0.25, 0.3) is 0 Å². The molecule has 0 unspecified atom stereocenters. The van der Waals surface area contributed by atoms with Gasteiger partial charge in [-0.2, -0.15) is 0 Å². The molecule has 1 heterocycles. The summed E-state index contributed by atoms with van der Waals surface area (Å²) in [6.45, 7) is 4.31. The first-order chi connectivity index (χ1) is 12.8. The van der Waals surface area contributed by atoms with E-state index in [9.17, 15) is 24.6 Å². The van der Waals surface area contributed by atoms with Gasteiger partial charge in [0.05, 0.1) is 6.54 Å². The molecule has 1 saturated carbocycles. The number of carbonyl (C=O) groups is 2. The van der Waals surface area contributed by atoms with E-state index in [1.165, 1.54) is 23.8 Å². The molecule has 0 saturated heterocycles. The van der Waals surface area contributed by atoms with Gasteiger partial charge in [0.2, 0.25) is 0 Å². The molecule has 2 rings (SSSR count). The molecule has 1 aromatic rings. The summed E-state index contributed by atoms with van der Waals surface area (Å²) < 4.78 is 2.99. The number of carboxylic acids is 2. The molecule has 0 aromatic carbocycles. The molecule has 0 radical (unpaired) electrons. The van der Waals surface area contributed by atoms with E-state index in [0.29, 0.717) is 18.9 Å². The van der Waals surface area contributed by atoms with Gasteiger partial charge in [0, 0.05) is 18.9 Å². The zero-order chi connectivity index (χ0) is 20.0. The van der Waals surface area contributed by atoms with Gasteiger partial charge in [0.15, 0.2) is 0 Å². The van der Waals surface area contributed by atoms with Crippen molar-refractivity contribution in [2.45, 2.75) is 77.5 Å². The van der Waals surface area contributed by atoms with Crippen LogP contribution in [0.2, 0.25) is 0 Å². The molecule has 0 aliphatic heterocycles. The number of carboxylic acid groups (broad SMARTS) is 2. The Labute approximate surface area is 159 Å². The SMILES string of the molecule is CC(C)C[C@H](N[C@@H](Cn1ccn(CC2CCCCC2)c1=O)C(=O)O)C(=O)O. The highest BCUT2D eigenvalue weighted by Crippen LogP contribution is 2.24. The van der Waals surface area contributed by atoms with E-state index in [4.69, 9.17) is 0 Å². The predicted molar refractivity (Wildman–Crippen MR) is 101 cm³/mol. The molecular formula is C19H31N3O5. The van der Waals surface area contributed by atoms with Crippen LogP contribution in [0.4, 0.5) is 0 Å². The second kappa shape index (κ2) is 9.73. The third kappa shape index (κ3) is 6.23. The Hall–Kier alpha value is -2.09. The lowest BCUT2D eigenvalue weighted by molar-refractivity contribution is -0.143. The lowest BCUT2D eigenvalue weighted by Crippen LogP contribution is -2.50. The van der Waals surface area contributed by atoms with E-state index in [-0.39, 0.29) is 18.2 Å². The van der Waals surface area contributed by atoms with Gasteiger partial charge in [-0.1, -0.05) is 33.1 Å². The molecule has 1 aromatic heterocycles. The minimum absolute atomic E-state index is 0.103. The summed E-state index contributed by atoms with van der Waals surface area (Å²) in [5, 5.41) is 21.5. The third-order valence-corrected chi connectivity index (χ3v) is 5.18. The fourth-order valence-corrected chi connectivity index (χ4v) is 3.73. The standard InChI is InChI=1S/C19H31N3O5/c1-13(2)10-15(17(23)24)20-16(18(25)26)12-22-9-8-21(19(22)27)11-14-6-4-3-5-7-14/h8-9,13-16,20H,3-7,10-12H2,1-2H3,(H,23,24)(H,25,26)/t15-,16-/m0/s1. The van der Waals surface area contributed by atoms with Crippen LogP contribution in [-0.2, 0) is 22.7 Å². The van der Waals surface area contributed by atoms with Crippen molar-refractivity contribution in [1.29, 1.82) is 0 Å². The minimum atomic E-state index is -1.17. The van der Waals surface area contributed by atoms with Gasteiger partial charge in [0.1, 0.15) is 12.1 Å². The average molecular weight is 381 g/mol. The Morgan fingerprint density at radius 2 is 1.67 bits per heavy atom. The summed E-state index contributed by atoms with van der Waals surface area (Å²) in [4.78, 5) is 35.6. The van der Waals surface area contributed by atoms with Crippen molar-refractivity contribution in [2.24, 2.45) is 11.8 Å². The van der Waals surface area contributed by atoms with Crippen molar-refractivity contribution in [3.63, 3.8) is 0 Å². The lowest BCUT2D eigenvalue weighted by Gasteiger charge is -2.22. The van der Waals surface area contributed by atoms with E-state index < -0.39 is 24.0 Å². The van der Waals surface area contributed by atoms with Crippen LogP contribution in [0, 0.1) is 11.8 Å². The monoisotopic (exact) mass is 381 g/mol. The number of rotatable bonds is 10. The van der Waals surface area contributed by atoms with E-state index in [1.54, 1.807) is 17.0 Å². The van der Waals surface area contributed by atoms with Crippen LogP contribution in [0.1, 0.15) is 52.4 Å². The molecule has 1 aliphatic rings. The summed E-state index contributed by atoms with van der Waals surface area (Å²) >= 11 is 0.